The Kier molecular flexibility index (Phi) is 3.10. The fraction of sp³-hybridized carbons (Fsp3) is 0.462. The van der Waals surface area contributed by atoms with Crippen LogP contribution in [0.25, 0.3) is 0 Å². The van der Waals surface area contributed by atoms with Gasteiger partial charge in [-0.25, -0.2) is 0 Å². The molecule has 0 heterocycles. The highest BCUT2D eigenvalue weighted by Gasteiger charge is 2.46. The van der Waals surface area contributed by atoms with Crippen LogP contribution < -0.4 is 0 Å². The minimum atomic E-state index is -1.40. The second-order valence-corrected chi connectivity index (χ2v) is 4.87. The fourth-order valence-corrected chi connectivity index (χ4v) is 1.52. The normalized spacial score (nSPS) is 15.6. The van der Waals surface area contributed by atoms with Crippen molar-refractivity contribution in [2.45, 2.75) is 33.3 Å². The van der Waals surface area contributed by atoms with Crippen LogP contribution in [0.5, 0.6) is 0 Å². The molecule has 0 saturated carbocycles. The minimum absolute atomic E-state index is 0.625. The Morgan fingerprint density at radius 3 is 2.25 bits per heavy atom. The smallest absolute Gasteiger partial charge is 0.312 e. The van der Waals surface area contributed by atoms with E-state index in [9.17, 15) is 9.90 Å². The van der Waals surface area contributed by atoms with E-state index in [-0.39, 0.29) is 0 Å². The first-order valence-electron chi connectivity index (χ1n) is 5.22. The van der Waals surface area contributed by atoms with Crippen molar-refractivity contribution < 1.29 is 15.0 Å². The van der Waals surface area contributed by atoms with Crippen LogP contribution in [0.3, 0.4) is 0 Å². The van der Waals surface area contributed by atoms with Gasteiger partial charge in [0, 0.05) is 0 Å². The minimum Gasteiger partial charge on any atom is -0.481 e. The fourth-order valence-electron chi connectivity index (χ4n) is 1.52. The standard InChI is InChI=1S/C13H18O3/c1-9-6-5-7-10(8-9)13(4,16)12(2,3)11(14)15/h5-8,16H,1-4H3,(H,14,15). The lowest BCUT2D eigenvalue weighted by molar-refractivity contribution is -0.164. The van der Waals surface area contributed by atoms with Gasteiger partial charge < -0.3 is 10.2 Å². The summed E-state index contributed by atoms with van der Waals surface area (Å²) in [5, 5.41) is 19.6. The monoisotopic (exact) mass is 222 g/mol. The molecule has 2 N–H and O–H groups in total. The van der Waals surface area contributed by atoms with E-state index in [2.05, 4.69) is 0 Å². The van der Waals surface area contributed by atoms with E-state index in [0.717, 1.165) is 5.56 Å². The highest BCUT2D eigenvalue weighted by Crippen LogP contribution is 2.39. The number of aliphatic hydroxyl groups is 1. The van der Waals surface area contributed by atoms with Crippen LogP contribution in [-0.4, -0.2) is 16.2 Å². The molecule has 0 aromatic heterocycles. The second-order valence-electron chi connectivity index (χ2n) is 4.87. The van der Waals surface area contributed by atoms with Gasteiger partial charge in [-0.15, -0.1) is 0 Å². The Labute approximate surface area is 95.7 Å². The van der Waals surface area contributed by atoms with Crippen LogP contribution in [0, 0.1) is 12.3 Å². The van der Waals surface area contributed by atoms with Gasteiger partial charge in [0.25, 0.3) is 0 Å². The van der Waals surface area contributed by atoms with Crippen molar-refractivity contribution in [2.24, 2.45) is 5.41 Å². The molecule has 3 heteroatoms. The van der Waals surface area contributed by atoms with Gasteiger partial charge >= 0.3 is 5.97 Å². The first-order valence-corrected chi connectivity index (χ1v) is 5.22. The number of carboxylic acids is 1. The SMILES string of the molecule is Cc1cccc(C(C)(O)C(C)(C)C(=O)O)c1. The van der Waals surface area contributed by atoms with Gasteiger partial charge in [-0.3, -0.25) is 4.79 Å². The Morgan fingerprint density at radius 2 is 1.81 bits per heavy atom. The Bertz CT molecular complexity index is 405. The molecule has 16 heavy (non-hydrogen) atoms. The Balaban J connectivity index is 3.26. The van der Waals surface area contributed by atoms with Crippen molar-refractivity contribution in [1.82, 2.24) is 0 Å². The van der Waals surface area contributed by atoms with Crippen LogP contribution in [0.1, 0.15) is 31.9 Å². The van der Waals surface area contributed by atoms with Gasteiger partial charge in [0.1, 0.15) is 5.60 Å². The summed E-state index contributed by atoms with van der Waals surface area (Å²) in [6, 6.07) is 7.28. The molecule has 0 fully saturated rings. The molecule has 0 aliphatic rings. The number of aryl methyl sites for hydroxylation is 1. The Morgan fingerprint density at radius 1 is 1.25 bits per heavy atom. The van der Waals surface area contributed by atoms with E-state index in [4.69, 9.17) is 5.11 Å². The summed E-state index contributed by atoms with van der Waals surface area (Å²) in [5.74, 6) is -1.01. The largest absolute Gasteiger partial charge is 0.481 e. The summed E-state index contributed by atoms with van der Waals surface area (Å²) in [6.07, 6.45) is 0. The molecule has 1 aromatic rings. The van der Waals surface area contributed by atoms with E-state index in [1.54, 1.807) is 6.07 Å². The number of hydrogen-bond acceptors (Lipinski definition) is 2. The van der Waals surface area contributed by atoms with Gasteiger partial charge in [0.15, 0.2) is 0 Å². The first kappa shape index (κ1) is 12.7. The van der Waals surface area contributed by atoms with Gasteiger partial charge in [-0.2, -0.15) is 0 Å². The average Bonchev–Trinajstić information content (AvgIpc) is 2.17. The molecule has 1 unspecified atom stereocenters. The molecule has 0 saturated heterocycles. The summed E-state index contributed by atoms with van der Waals surface area (Å²) in [7, 11) is 0. The number of carboxylic acid groups (broad SMARTS) is 1. The zero-order valence-electron chi connectivity index (χ0n) is 10.1. The maximum absolute atomic E-state index is 11.2. The van der Waals surface area contributed by atoms with Crippen LogP contribution in [0.4, 0.5) is 0 Å². The van der Waals surface area contributed by atoms with E-state index >= 15 is 0 Å². The maximum atomic E-state index is 11.2. The van der Waals surface area contributed by atoms with Crippen molar-refractivity contribution in [3.63, 3.8) is 0 Å². The molecular weight excluding hydrogens is 204 g/mol. The molecule has 1 atom stereocenters. The third-order valence-corrected chi connectivity index (χ3v) is 3.33. The quantitative estimate of drug-likeness (QED) is 0.825. The summed E-state index contributed by atoms with van der Waals surface area (Å²) < 4.78 is 0. The molecular formula is C13H18O3. The molecule has 3 nitrogen and oxygen atoms in total. The lowest BCUT2D eigenvalue weighted by Gasteiger charge is -2.37. The lowest BCUT2D eigenvalue weighted by atomic mass is 9.72. The summed E-state index contributed by atoms with van der Waals surface area (Å²) in [4.78, 5) is 11.2. The zero-order chi connectivity index (χ0) is 12.6. The van der Waals surface area contributed by atoms with Gasteiger partial charge in [-0.1, -0.05) is 29.8 Å². The summed E-state index contributed by atoms with van der Waals surface area (Å²) >= 11 is 0. The number of rotatable bonds is 3. The van der Waals surface area contributed by atoms with E-state index in [1.807, 2.05) is 25.1 Å². The molecule has 1 aromatic carbocycles. The van der Waals surface area contributed by atoms with Crippen LogP contribution in [0.2, 0.25) is 0 Å². The maximum Gasteiger partial charge on any atom is 0.312 e. The van der Waals surface area contributed by atoms with Gasteiger partial charge in [-0.05, 0) is 33.3 Å². The molecule has 0 amide bonds. The number of carbonyl (C=O) groups is 1. The van der Waals surface area contributed by atoms with Crippen molar-refractivity contribution in [2.75, 3.05) is 0 Å². The highest BCUT2D eigenvalue weighted by atomic mass is 16.4. The lowest BCUT2D eigenvalue weighted by Crippen LogP contribution is -2.45. The van der Waals surface area contributed by atoms with Crippen molar-refractivity contribution >= 4 is 5.97 Å². The predicted molar refractivity (Wildman–Crippen MR) is 62.2 cm³/mol. The summed E-state index contributed by atoms with van der Waals surface area (Å²) in [6.45, 7) is 6.50. The molecule has 0 aliphatic carbocycles. The van der Waals surface area contributed by atoms with Gasteiger partial charge in [0.2, 0.25) is 0 Å². The van der Waals surface area contributed by atoms with E-state index in [1.165, 1.54) is 20.8 Å². The van der Waals surface area contributed by atoms with Crippen molar-refractivity contribution in [1.29, 1.82) is 0 Å². The second kappa shape index (κ2) is 3.91. The molecule has 0 aliphatic heterocycles. The highest BCUT2D eigenvalue weighted by molar-refractivity contribution is 5.75. The van der Waals surface area contributed by atoms with Gasteiger partial charge in [0.05, 0.1) is 5.41 Å². The Hall–Kier alpha value is -1.35. The van der Waals surface area contributed by atoms with Crippen molar-refractivity contribution in [3.8, 4) is 0 Å². The average molecular weight is 222 g/mol. The number of aliphatic carboxylic acids is 1. The molecule has 0 bridgehead atoms. The third-order valence-electron chi connectivity index (χ3n) is 3.33. The predicted octanol–water partition coefficient (Wildman–Crippen LogP) is 2.31. The molecule has 0 radical (unpaired) electrons. The number of hydrogen-bond donors (Lipinski definition) is 2. The topological polar surface area (TPSA) is 57.5 Å². The van der Waals surface area contributed by atoms with Crippen LogP contribution >= 0.6 is 0 Å². The number of benzene rings is 1. The van der Waals surface area contributed by atoms with E-state index in [0.29, 0.717) is 5.56 Å². The van der Waals surface area contributed by atoms with E-state index < -0.39 is 17.0 Å². The molecule has 1 rings (SSSR count). The first-order chi connectivity index (χ1) is 7.19. The third kappa shape index (κ3) is 1.95. The summed E-state index contributed by atoms with van der Waals surface area (Å²) in [5.41, 5.74) is -1.01. The molecule has 88 valence electrons. The van der Waals surface area contributed by atoms with Crippen molar-refractivity contribution in [3.05, 3.63) is 35.4 Å². The zero-order valence-corrected chi connectivity index (χ0v) is 10.1. The van der Waals surface area contributed by atoms with Crippen LogP contribution in [0.15, 0.2) is 24.3 Å². The van der Waals surface area contributed by atoms with Crippen LogP contribution in [-0.2, 0) is 10.4 Å². The molecule has 0 spiro atoms.